The summed E-state index contributed by atoms with van der Waals surface area (Å²) < 4.78 is 27.3. The number of carbonyl (C=O) groups excluding carboxylic acids is 2. The summed E-state index contributed by atoms with van der Waals surface area (Å²) in [4.78, 5) is 24.4. The lowest BCUT2D eigenvalue weighted by Gasteiger charge is -2.31. The third kappa shape index (κ3) is 4.79. The van der Waals surface area contributed by atoms with E-state index < -0.39 is 10.0 Å². The molecule has 6 nitrogen and oxygen atoms in total. The molecule has 2 aromatic rings. The summed E-state index contributed by atoms with van der Waals surface area (Å²) in [7, 11) is -3.69. The molecule has 1 amide bonds. The fraction of sp³-hybridized carbons (Fsp3) is 0.391. The van der Waals surface area contributed by atoms with Gasteiger partial charge in [-0.3, -0.25) is 9.59 Å². The summed E-state index contributed by atoms with van der Waals surface area (Å²) in [6, 6.07) is 13.9. The highest BCUT2D eigenvalue weighted by Crippen LogP contribution is 2.26. The molecular weight excluding hydrogens is 400 g/mol. The Morgan fingerprint density at radius 3 is 2.37 bits per heavy atom. The van der Waals surface area contributed by atoms with Gasteiger partial charge in [0.1, 0.15) is 0 Å². The lowest BCUT2D eigenvalue weighted by molar-refractivity contribution is -0.126. The molecule has 160 valence electrons. The molecule has 0 saturated carbocycles. The molecule has 7 heteroatoms. The van der Waals surface area contributed by atoms with E-state index in [-0.39, 0.29) is 41.6 Å². The summed E-state index contributed by atoms with van der Waals surface area (Å²) in [6.45, 7) is 5.95. The average molecular weight is 429 g/mol. The molecule has 1 saturated heterocycles. The Kier molecular flexibility index (Phi) is 6.73. The topological polar surface area (TPSA) is 83.6 Å². The molecule has 30 heavy (non-hydrogen) atoms. The van der Waals surface area contributed by atoms with Gasteiger partial charge in [0.05, 0.1) is 10.9 Å². The highest BCUT2D eigenvalue weighted by Gasteiger charge is 2.32. The van der Waals surface area contributed by atoms with Crippen molar-refractivity contribution in [2.45, 2.75) is 44.6 Å². The van der Waals surface area contributed by atoms with Crippen molar-refractivity contribution in [1.82, 2.24) is 9.62 Å². The van der Waals surface area contributed by atoms with Crippen LogP contribution >= 0.6 is 0 Å². The lowest BCUT2D eigenvalue weighted by Crippen LogP contribution is -2.43. The second-order valence-electron chi connectivity index (χ2n) is 7.85. The van der Waals surface area contributed by atoms with Crippen molar-refractivity contribution in [1.29, 1.82) is 0 Å². The summed E-state index contributed by atoms with van der Waals surface area (Å²) in [6.07, 6.45) is 0.940. The molecular formula is C23H28N2O4S. The Morgan fingerprint density at radius 2 is 1.73 bits per heavy atom. The normalized spacial score (nSPS) is 16.8. The third-order valence-corrected chi connectivity index (χ3v) is 7.61. The Labute approximate surface area is 178 Å². The summed E-state index contributed by atoms with van der Waals surface area (Å²) in [5.74, 6) is -0.432. The highest BCUT2D eigenvalue weighted by molar-refractivity contribution is 7.89. The van der Waals surface area contributed by atoms with Gasteiger partial charge in [-0.2, -0.15) is 4.31 Å². The van der Waals surface area contributed by atoms with Crippen molar-refractivity contribution in [2.24, 2.45) is 5.92 Å². The molecule has 0 aliphatic carbocycles. The first-order valence-electron chi connectivity index (χ1n) is 10.2. The Balaban J connectivity index is 1.62. The van der Waals surface area contributed by atoms with Crippen LogP contribution in [-0.2, 0) is 14.8 Å². The minimum atomic E-state index is -3.69. The van der Waals surface area contributed by atoms with Crippen molar-refractivity contribution < 1.29 is 18.0 Å². The number of rotatable bonds is 6. The maximum atomic E-state index is 13.0. The van der Waals surface area contributed by atoms with Gasteiger partial charge in [0, 0.05) is 24.6 Å². The fourth-order valence-corrected chi connectivity index (χ4v) is 5.38. The molecule has 1 unspecified atom stereocenters. The van der Waals surface area contributed by atoms with Gasteiger partial charge >= 0.3 is 0 Å². The third-order valence-electron chi connectivity index (χ3n) is 5.72. The number of hydrogen-bond donors (Lipinski definition) is 1. The van der Waals surface area contributed by atoms with Crippen LogP contribution in [0.25, 0.3) is 0 Å². The zero-order chi connectivity index (χ0) is 21.9. The van der Waals surface area contributed by atoms with Gasteiger partial charge in [-0.1, -0.05) is 36.4 Å². The van der Waals surface area contributed by atoms with Crippen molar-refractivity contribution >= 4 is 21.7 Å². The Hall–Kier alpha value is -2.51. The standard InChI is InChI=1S/C23H28N2O4S/c1-16-7-4-5-10-22(16)17(2)24-23(27)19-11-13-25(14-12-19)30(28,29)21-9-6-8-20(15-21)18(3)26/h4-10,15,17,19H,11-14H2,1-3H3,(H,24,27). The molecule has 0 radical (unpaired) electrons. The van der Waals surface area contributed by atoms with Crippen LogP contribution in [0.5, 0.6) is 0 Å². The molecule has 1 aliphatic rings. The predicted molar refractivity (Wildman–Crippen MR) is 116 cm³/mol. The van der Waals surface area contributed by atoms with E-state index in [9.17, 15) is 18.0 Å². The molecule has 0 bridgehead atoms. The average Bonchev–Trinajstić information content (AvgIpc) is 2.74. The summed E-state index contributed by atoms with van der Waals surface area (Å²) >= 11 is 0. The number of nitrogens with zero attached hydrogens (tertiary/aromatic N) is 1. The SMILES string of the molecule is CC(=O)c1cccc(S(=O)(=O)N2CCC(C(=O)NC(C)c3ccccc3C)CC2)c1. The fourth-order valence-electron chi connectivity index (χ4n) is 3.86. The number of nitrogens with one attached hydrogen (secondary N) is 1. The van der Waals surface area contributed by atoms with Crippen molar-refractivity contribution in [3.8, 4) is 0 Å². The van der Waals surface area contributed by atoms with Gasteiger partial charge in [0.15, 0.2) is 5.78 Å². The van der Waals surface area contributed by atoms with Crippen LogP contribution < -0.4 is 5.32 Å². The number of benzene rings is 2. The maximum Gasteiger partial charge on any atom is 0.243 e. The molecule has 1 atom stereocenters. The summed E-state index contributed by atoms with van der Waals surface area (Å²) in [5, 5.41) is 3.07. The number of sulfonamides is 1. The lowest BCUT2D eigenvalue weighted by atomic mass is 9.96. The number of amides is 1. The van der Waals surface area contributed by atoms with Crippen molar-refractivity contribution in [3.05, 3.63) is 65.2 Å². The molecule has 1 heterocycles. The minimum Gasteiger partial charge on any atom is -0.349 e. The van der Waals surface area contributed by atoms with Crippen LogP contribution in [0.15, 0.2) is 53.4 Å². The number of piperidine rings is 1. The van der Waals surface area contributed by atoms with Gasteiger partial charge in [0.25, 0.3) is 0 Å². The van der Waals surface area contributed by atoms with Gasteiger partial charge in [-0.05, 0) is 56.9 Å². The molecule has 3 rings (SSSR count). The van der Waals surface area contributed by atoms with E-state index in [0.717, 1.165) is 11.1 Å². The first kappa shape index (κ1) is 22.2. The Bertz CT molecular complexity index is 1040. The second-order valence-corrected chi connectivity index (χ2v) is 9.79. The van der Waals surface area contributed by atoms with E-state index in [4.69, 9.17) is 0 Å². The van der Waals surface area contributed by atoms with Crippen molar-refractivity contribution in [2.75, 3.05) is 13.1 Å². The second kappa shape index (κ2) is 9.10. The quantitative estimate of drug-likeness (QED) is 0.714. The first-order chi connectivity index (χ1) is 14.2. The van der Waals surface area contributed by atoms with Crippen LogP contribution in [0.1, 0.15) is 54.2 Å². The monoisotopic (exact) mass is 428 g/mol. The van der Waals surface area contributed by atoms with E-state index in [1.807, 2.05) is 38.1 Å². The molecule has 0 aromatic heterocycles. The van der Waals surface area contributed by atoms with E-state index in [0.29, 0.717) is 18.4 Å². The number of aryl methyl sites for hydroxylation is 1. The number of Topliss-reactive ketones (excluding diaryl/α,β-unsaturated/α-hetero) is 1. The van der Waals surface area contributed by atoms with E-state index >= 15 is 0 Å². The smallest absolute Gasteiger partial charge is 0.243 e. The van der Waals surface area contributed by atoms with Crippen molar-refractivity contribution in [3.63, 3.8) is 0 Å². The highest BCUT2D eigenvalue weighted by atomic mass is 32.2. The van der Waals surface area contributed by atoms with E-state index in [1.165, 1.54) is 23.4 Å². The molecule has 2 aromatic carbocycles. The van der Waals surface area contributed by atoms with Gasteiger partial charge < -0.3 is 5.32 Å². The number of hydrogen-bond acceptors (Lipinski definition) is 4. The zero-order valence-electron chi connectivity index (χ0n) is 17.6. The van der Waals surface area contributed by atoms with E-state index in [2.05, 4.69) is 5.32 Å². The molecule has 1 N–H and O–H groups in total. The largest absolute Gasteiger partial charge is 0.349 e. The van der Waals surface area contributed by atoms with Crippen LogP contribution in [0.4, 0.5) is 0 Å². The van der Waals surface area contributed by atoms with Crippen LogP contribution in [-0.4, -0.2) is 37.5 Å². The van der Waals surface area contributed by atoms with Crippen LogP contribution in [0, 0.1) is 12.8 Å². The number of carbonyl (C=O) groups is 2. The Morgan fingerprint density at radius 1 is 1.07 bits per heavy atom. The maximum absolute atomic E-state index is 13.0. The molecule has 0 spiro atoms. The van der Waals surface area contributed by atoms with Gasteiger partial charge in [-0.15, -0.1) is 0 Å². The van der Waals surface area contributed by atoms with Crippen LogP contribution in [0.2, 0.25) is 0 Å². The minimum absolute atomic E-state index is 0.0404. The van der Waals surface area contributed by atoms with E-state index in [1.54, 1.807) is 12.1 Å². The van der Waals surface area contributed by atoms with Gasteiger partial charge in [0.2, 0.25) is 15.9 Å². The summed E-state index contributed by atoms with van der Waals surface area (Å²) in [5.41, 5.74) is 2.57. The first-order valence-corrected chi connectivity index (χ1v) is 11.6. The van der Waals surface area contributed by atoms with Crippen LogP contribution in [0.3, 0.4) is 0 Å². The molecule has 1 aliphatic heterocycles. The zero-order valence-corrected chi connectivity index (χ0v) is 18.4. The van der Waals surface area contributed by atoms with Gasteiger partial charge in [-0.25, -0.2) is 8.42 Å². The number of ketones is 1. The predicted octanol–water partition coefficient (Wildman–Crippen LogP) is 3.48. The molecule has 1 fully saturated rings.